The van der Waals surface area contributed by atoms with Crippen LogP contribution in [-0.4, -0.2) is 24.8 Å². The highest BCUT2D eigenvalue weighted by atomic mass is 16.5. The van der Waals surface area contributed by atoms with Crippen LogP contribution in [0, 0.1) is 0 Å². The number of ether oxygens (including phenoxy) is 3. The van der Waals surface area contributed by atoms with E-state index in [1.54, 1.807) is 19.2 Å². The molecule has 2 aromatic carbocycles. The van der Waals surface area contributed by atoms with Gasteiger partial charge in [-0.25, -0.2) is 4.79 Å². The second-order valence-corrected chi connectivity index (χ2v) is 7.48. The van der Waals surface area contributed by atoms with Gasteiger partial charge in [0, 0.05) is 11.6 Å². The fourth-order valence-electron chi connectivity index (χ4n) is 2.83. The molecule has 0 saturated carbocycles. The van der Waals surface area contributed by atoms with Crippen LogP contribution in [0.15, 0.2) is 51.9 Å². The van der Waals surface area contributed by atoms with Gasteiger partial charge in [0.1, 0.15) is 29.1 Å². The molecular weight excluding hydrogens is 376 g/mol. The van der Waals surface area contributed by atoms with Crippen LogP contribution in [0.1, 0.15) is 26.3 Å². The Labute approximate surface area is 167 Å². The molecule has 7 heteroatoms. The van der Waals surface area contributed by atoms with Crippen LogP contribution >= 0.6 is 0 Å². The number of hydrogen-bond acceptors (Lipinski definition) is 6. The first-order valence-corrected chi connectivity index (χ1v) is 8.95. The highest BCUT2D eigenvalue weighted by Gasteiger charge is 2.21. The molecule has 0 atom stereocenters. The van der Waals surface area contributed by atoms with Gasteiger partial charge in [-0.15, -0.1) is 0 Å². The molecule has 29 heavy (non-hydrogen) atoms. The van der Waals surface area contributed by atoms with E-state index in [1.165, 1.54) is 24.5 Å². The van der Waals surface area contributed by atoms with E-state index in [2.05, 4.69) is 0 Å². The van der Waals surface area contributed by atoms with Gasteiger partial charge in [-0.3, -0.25) is 4.79 Å². The van der Waals surface area contributed by atoms with Crippen LogP contribution in [0.25, 0.3) is 11.0 Å². The first kappa shape index (κ1) is 20.3. The van der Waals surface area contributed by atoms with Crippen LogP contribution in [0.4, 0.5) is 0 Å². The summed E-state index contributed by atoms with van der Waals surface area (Å²) in [5.41, 5.74) is 0.577. The van der Waals surface area contributed by atoms with Crippen molar-refractivity contribution in [2.24, 2.45) is 0 Å². The maximum absolute atomic E-state index is 12.8. The summed E-state index contributed by atoms with van der Waals surface area (Å²) in [6.45, 7) is 5.63. The number of carboxylic acids is 1. The van der Waals surface area contributed by atoms with Crippen molar-refractivity contribution < 1.29 is 28.5 Å². The molecule has 0 unspecified atom stereocenters. The van der Waals surface area contributed by atoms with Gasteiger partial charge in [0.25, 0.3) is 0 Å². The predicted molar refractivity (Wildman–Crippen MR) is 107 cm³/mol. The second-order valence-electron chi connectivity index (χ2n) is 7.48. The van der Waals surface area contributed by atoms with Crippen molar-refractivity contribution in [3.8, 4) is 23.0 Å². The number of fused-ring (bicyclic) bond motifs is 1. The third kappa shape index (κ3) is 4.51. The minimum absolute atomic E-state index is 0.0485. The smallest absolute Gasteiger partial charge is 0.341 e. The molecule has 0 spiro atoms. The minimum atomic E-state index is -1.09. The summed E-state index contributed by atoms with van der Waals surface area (Å²) in [5.74, 6) is 0.478. The monoisotopic (exact) mass is 398 g/mol. The van der Waals surface area contributed by atoms with Gasteiger partial charge in [-0.1, -0.05) is 20.8 Å². The molecule has 0 bridgehead atoms. The summed E-state index contributed by atoms with van der Waals surface area (Å²) in [5, 5.41) is 9.00. The highest BCUT2D eigenvalue weighted by Crippen LogP contribution is 2.36. The van der Waals surface area contributed by atoms with Gasteiger partial charge < -0.3 is 23.7 Å². The quantitative estimate of drug-likeness (QED) is 0.659. The molecule has 0 fully saturated rings. The van der Waals surface area contributed by atoms with Crippen molar-refractivity contribution in [1.82, 2.24) is 0 Å². The van der Waals surface area contributed by atoms with Crippen molar-refractivity contribution in [2.75, 3.05) is 13.7 Å². The van der Waals surface area contributed by atoms with Gasteiger partial charge >= 0.3 is 5.97 Å². The summed E-state index contributed by atoms with van der Waals surface area (Å²) in [6, 6.07) is 9.90. The van der Waals surface area contributed by atoms with Gasteiger partial charge in [0.15, 0.2) is 6.61 Å². The van der Waals surface area contributed by atoms with E-state index >= 15 is 0 Å². The van der Waals surface area contributed by atoms with E-state index in [0.29, 0.717) is 22.6 Å². The summed E-state index contributed by atoms with van der Waals surface area (Å²) in [6.07, 6.45) is 1.24. The molecule has 3 aromatic rings. The Bertz CT molecular complexity index is 1110. The lowest BCUT2D eigenvalue weighted by molar-refractivity contribution is -0.139. The third-order valence-electron chi connectivity index (χ3n) is 4.29. The van der Waals surface area contributed by atoms with E-state index in [1.807, 2.05) is 26.8 Å². The average Bonchev–Trinajstić information content (AvgIpc) is 2.68. The van der Waals surface area contributed by atoms with Crippen LogP contribution in [0.5, 0.6) is 23.0 Å². The molecule has 152 valence electrons. The zero-order valence-corrected chi connectivity index (χ0v) is 16.6. The lowest BCUT2D eigenvalue weighted by Gasteiger charge is -2.23. The molecule has 1 N–H and O–H groups in total. The molecule has 0 aliphatic rings. The number of carbonyl (C=O) groups is 1. The molecular formula is C22H22O7. The Balaban J connectivity index is 1.97. The maximum Gasteiger partial charge on any atom is 0.341 e. The van der Waals surface area contributed by atoms with Gasteiger partial charge in [0.05, 0.1) is 12.5 Å². The average molecular weight is 398 g/mol. The van der Waals surface area contributed by atoms with E-state index in [0.717, 1.165) is 5.56 Å². The van der Waals surface area contributed by atoms with E-state index in [4.69, 9.17) is 23.7 Å². The Kier molecular flexibility index (Phi) is 5.50. The Morgan fingerprint density at radius 1 is 1.07 bits per heavy atom. The first-order valence-electron chi connectivity index (χ1n) is 8.95. The Morgan fingerprint density at radius 3 is 2.45 bits per heavy atom. The van der Waals surface area contributed by atoms with Crippen LogP contribution in [0.3, 0.4) is 0 Å². The predicted octanol–water partition coefficient (Wildman–Crippen LogP) is 4.35. The van der Waals surface area contributed by atoms with E-state index < -0.39 is 12.6 Å². The summed E-state index contributed by atoms with van der Waals surface area (Å²) < 4.78 is 21.9. The highest BCUT2D eigenvalue weighted by molar-refractivity contribution is 5.79. The zero-order valence-electron chi connectivity index (χ0n) is 16.6. The van der Waals surface area contributed by atoms with Crippen molar-refractivity contribution in [3.63, 3.8) is 0 Å². The summed E-state index contributed by atoms with van der Waals surface area (Å²) in [4.78, 5) is 23.5. The van der Waals surface area contributed by atoms with Crippen molar-refractivity contribution >= 4 is 16.9 Å². The molecule has 0 aliphatic carbocycles. The lowest BCUT2D eigenvalue weighted by Crippen LogP contribution is -2.14. The van der Waals surface area contributed by atoms with E-state index in [9.17, 15) is 9.59 Å². The second kappa shape index (κ2) is 7.87. The molecule has 0 radical (unpaired) electrons. The molecule has 1 heterocycles. The lowest BCUT2D eigenvalue weighted by atomic mass is 9.86. The summed E-state index contributed by atoms with van der Waals surface area (Å²) in [7, 11) is 1.59. The largest absolute Gasteiger partial charge is 0.497 e. The van der Waals surface area contributed by atoms with E-state index in [-0.39, 0.29) is 22.2 Å². The Morgan fingerprint density at radius 2 is 1.79 bits per heavy atom. The molecule has 0 saturated heterocycles. The number of hydrogen-bond donors (Lipinski definition) is 1. The van der Waals surface area contributed by atoms with Crippen LogP contribution in [-0.2, 0) is 10.2 Å². The standard InChI is InChI=1S/C22H22O7/c1-22(2,3)16-9-13(26-4)6-8-17(16)29-19-11-28-18-10-14(27-12-20(23)24)5-7-15(18)21(19)25/h5-11H,12H2,1-4H3,(H,23,24). The number of carboxylic acid groups (broad SMARTS) is 1. The Hall–Kier alpha value is -3.48. The van der Waals surface area contributed by atoms with Gasteiger partial charge in [-0.05, 0) is 35.7 Å². The fourth-order valence-corrected chi connectivity index (χ4v) is 2.83. The number of rotatable bonds is 6. The van der Waals surface area contributed by atoms with Crippen molar-refractivity contribution in [1.29, 1.82) is 0 Å². The number of aliphatic carboxylic acids is 1. The van der Waals surface area contributed by atoms with Gasteiger partial charge in [0.2, 0.25) is 11.2 Å². The molecule has 1 aromatic heterocycles. The number of methoxy groups -OCH3 is 1. The van der Waals surface area contributed by atoms with Crippen molar-refractivity contribution in [2.45, 2.75) is 26.2 Å². The molecule has 7 nitrogen and oxygen atoms in total. The number of benzene rings is 2. The van der Waals surface area contributed by atoms with Crippen molar-refractivity contribution in [3.05, 3.63) is 58.4 Å². The topological polar surface area (TPSA) is 95.2 Å². The minimum Gasteiger partial charge on any atom is -0.497 e. The normalized spacial score (nSPS) is 11.3. The van der Waals surface area contributed by atoms with Crippen LogP contribution in [0.2, 0.25) is 0 Å². The molecule has 0 aliphatic heterocycles. The zero-order chi connectivity index (χ0) is 21.2. The first-order chi connectivity index (χ1) is 13.7. The van der Waals surface area contributed by atoms with Crippen LogP contribution < -0.4 is 19.6 Å². The maximum atomic E-state index is 12.8. The summed E-state index contributed by atoms with van der Waals surface area (Å²) >= 11 is 0. The third-order valence-corrected chi connectivity index (χ3v) is 4.29. The van der Waals surface area contributed by atoms with Gasteiger partial charge in [-0.2, -0.15) is 0 Å². The molecule has 0 amide bonds. The fraction of sp³-hybridized carbons (Fsp3) is 0.273. The SMILES string of the molecule is COc1ccc(Oc2coc3cc(OCC(=O)O)ccc3c2=O)c(C(C)(C)C)c1. The molecule has 3 rings (SSSR count).